The standard InChI is InChI=1S/C19H18FN3O/c1-22-8-6-14-3-5-17(11-18(14)22)21-19(24)23-9-7-13-2-4-16(20)10-15(13)12-23/h2-6,8,10-11H,7,9,12H2,1H3,(H,21,24). The Balaban J connectivity index is 1.52. The molecule has 122 valence electrons. The van der Waals surface area contributed by atoms with Crippen LogP contribution in [0.5, 0.6) is 0 Å². The summed E-state index contributed by atoms with van der Waals surface area (Å²) >= 11 is 0. The summed E-state index contributed by atoms with van der Waals surface area (Å²) in [6, 6.07) is 12.5. The average Bonchev–Trinajstić information content (AvgIpc) is 2.95. The molecule has 0 bridgehead atoms. The largest absolute Gasteiger partial charge is 0.350 e. The molecule has 0 spiro atoms. The molecule has 0 saturated heterocycles. The fourth-order valence-electron chi connectivity index (χ4n) is 3.24. The van der Waals surface area contributed by atoms with Crippen LogP contribution in [0.15, 0.2) is 48.7 Å². The summed E-state index contributed by atoms with van der Waals surface area (Å²) in [6.07, 6.45) is 2.74. The first-order valence-corrected chi connectivity index (χ1v) is 7.98. The highest BCUT2D eigenvalue weighted by Gasteiger charge is 2.21. The van der Waals surface area contributed by atoms with E-state index in [4.69, 9.17) is 0 Å². The Labute approximate surface area is 139 Å². The lowest BCUT2D eigenvalue weighted by atomic mass is 10.00. The van der Waals surface area contributed by atoms with Crippen molar-refractivity contribution in [3.05, 3.63) is 65.6 Å². The molecule has 1 N–H and O–H groups in total. The van der Waals surface area contributed by atoms with Gasteiger partial charge in [-0.1, -0.05) is 12.1 Å². The number of halogens is 1. The second-order valence-electron chi connectivity index (χ2n) is 6.21. The Bertz CT molecular complexity index is 932. The number of aromatic nitrogens is 1. The smallest absolute Gasteiger partial charge is 0.322 e. The van der Waals surface area contributed by atoms with Crippen molar-refractivity contribution in [3.8, 4) is 0 Å². The zero-order valence-corrected chi connectivity index (χ0v) is 13.4. The molecular weight excluding hydrogens is 305 g/mol. The van der Waals surface area contributed by atoms with Crippen LogP contribution in [0.3, 0.4) is 0 Å². The number of hydrogen-bond donors (Lipinski definition) is 1. The number of benzene rings is 2. The van der Waals surface area contributed by atoms with Crippen molar-refractivity contribution in [1.82, 2.24) is 9.47 Å². The monoisotopic (exact) mass is 323 g/mol. The van der Waals surface area contributed by atoms with Gasteiger partial charge in [-0.05, 0) is 53.3 Å². The first-order valence-electron chi connectivity index (χ1n) is 7.98. The third kappa shape index (κ3) is 2.62. The molecule has 2 heterocycles. The Hall–Kier alpha value is -2.82. The molecule has 1 aliphatic rings. The molecule has 1 aliphatic heterocycles. The zero-order valence-electron chi connectivity index (χ0n) is 13.4. The molecule has 1 aromatic heterocycles. The molecule has 0 atom stereocenters. The predicted molar refractivity (Wildman–Crippen MR) is 92.5 cm³/mol. The van der Waals surface area contributed by atoms with Crippen LogP contribution in [0.1, 0.15) is 11.1 Å². The highest BCUT2D eigenvalue weighted by atomic mass is 19.1. The van der Waals surface area contributed by atoms with E-state index in [1.807, 2.05) is 48.1 Å². The first-order chi connectivity index (χ1) is 11.6. The number of nitrogens with one attached hydrogen (secondary N) is 1. The normalized spacial score (nSPS) is 13.8. The summed E-state index contributed by atoms with van der Waals surface area (Å²) in [5, 5.41) is 4.08. The molecule has 4 nitrogen and oxygen atoms in total. The van der Waals surface area contributed by atoms with Gasteiger partial charge in [0.25, 0.3) is 0 Å². The molecule has 0 aliphatic carbocycles. The molecule has 4 rings (SSSR count). The second kappa shape index (κ2) is 5.67. The van der Waals surface area contributed by atoms with E-state index in [9.17, 15) is 9.18 Å². The topological polar surface area (TPSA) is 37.3 Å². The lowest BCUT2D eigenvalue weighted by Gasteiger charge is -2.29. The van der Waals surface area contributed by atoms with E-state index in [2.05, 4.69) is 5.32 Å². The van der Waals surface area contributed by atoms with E-state index in [0.29, 0.717) is 13.1 Å². The molecule has 2 amide bonds. The van der Waals surface area contributed by atoms with Gasteiger partial charge in [-0.25, -0.2) is 9.18 Å². The zero-order chi connectivity index (χ0) is 16.7. The van der Waals surface area contributed by atoms with Gasteiger partial charge in [-0.15, -0.1) is 0 Å². The Morgan fingerprint density at radius 1 is 1.12 bits per heavy atom. The van der Waals surface area contributed by atoms with Crippen molar-refractivity contribution >= 4 is 22.6 Å². The van der Waals surface area contributed by atoms with Crippen LogP contribution in [-0.2, 0) is 20.0 Å². The van der Waals surface area contributed by atoms with Crippen LogP contribution >= 0.6 is 0 Å². The number of anilines is 1. The van der Waals surface area contributed by atoms with Gasteiger partial charge in [0, 0.05) is 37.5 Å². The van der Waals surface area contributed by atoms with Crippen LogP contribution in [0.2, 0.25) is 0 Å². The first kappa shape index (κ1) is 14.8. The van der Waals surface area contributed by atoms with Crippen molar-refractivity contribution < 1.29 is 9.18 Å². The van der Waals surface area contributed by atoms with E-state index in [-0.39, 0.29) is 11.8 Å². The summed E-state index contributed by atoms with van der Waals surface area (Å²) in [5.74, 6) is -0.259. The number of hydrogen-bond acceptors (Lipinski definition) is 1. The van der Waals surface area contributed by atoms with Gasteiger partial charge in [0.15, 0.2) is 0 Å². The number of urea groups is 1. The molecule has 0 saturated carbocycles. The summed E-state index contributed by atoms with van der Waals surface area (Å²) in [5.41, 5.74) is 3.83. The quantitative estimate of drug-likeness (QED) is 0.724. The minimum atomic E-state index is -0.259. The minimum Gasteiger partial charge on any atom is -0.350 e. The lowest BCUT2D eigenvalue weighted by molar-refractivity contribution is 0.206. The maximum Gasteiger partial charge on any atom is 0.322 e. The molecule has 0 unspecified atom stereocenters. The summed E-state index contributed by atoms with van der Waals surface area (Å²) in [7, 11) is 1.98. The third-order valence-corrected chi connectivity index (χ3v) is 4.61. The summed E-state index contributed by atoms with van der Waals surface area (Å²) in [4.78, 5) is 14.3. The Kier molecular flexibility index (Phi) is 3.49. The second-order valence-corrected chi connectivity index (χ2v) is 6.21. The number of carbonyl (C=O) groups excluding carboxylic acids is 1. The van der Waals surface area contributed by atoms with E-state index < -0.39 is 0 Å². The molecule has 2 aromatic carbocycles. The number of fused-ring (bicyclic) bond motifs is 2. The SMILES string of the molecule is Cn1ccc2ccc(NC(=O)N3CCc4ccc(F)cc4C3)cc21. The number of nitrogens with zero attached hydrogens (tertiary/aromatic N) is 2. The fourth-order valence-corrected chi connectivity index (χ4v) is 3.24. The van der Waals surface area contributed by atoms with Crippen molar-refractivity contribution in [1.29, 1.82) is 0 Å². The van der Waals surface area contributed by atoms with Gasteiger partial charge in [-0.3, -0.25) is 0 Å². The minimum absolute atomic E-state index is 0.154. The number of amides is 2. The Morgan fingerprint density at radius 3 is 2.88 bits per heavy atom. The van der Waals surface area contributed by atoms with Crippen LogP contribution in [0.25, 0.3) is 10.9 Å². The number of aryl methyl sites for hydroxylation is 1. The number of rotatable bonds is 1. The van der Waals surface area contributed by atoms with Gasteiger partial charge in [-0.2, -0.15) is 0 Å². The van der Waals surface area contributed by atoms with Crippen LogP contribution in [0.4, 0.5) is 14.9 Å². The maximum atomic E-state index is 13.4. The molecule has 3 aromatic rings. The molecule has 0 fully saturated rings. The average molecular weight is 323 g/mol. The molecule has 5 heteroatoms. The lowest BCUT2D eigenvalue weighted by Crippen LogP contribution is -2.38. The van der Waals surface area contributed by atoms with E-state index >= 15 is 0 Å². The van der Waals surface area contributed by atoms with E-state index in [1.165, 1.54) is 12.1 Å². The van der Waals surface area contributed by atoms with Crippen LogP contribution in [-0.4, -0.2) is 22.0 Å². The van der Waals surface area contributed by atoms with Gasteiger partial charge in [0.1, 0.15) is 5.82 Å². The van der Waals surface area contributed by atoms with Gasteiger partial charge < -0.3 is 14.8 Å². The van der Waals surface area contributed by atoms with Crippen LogP contribution < -0.4 is 5.32 Å². The van der Waals surface area contributed by atoms with Crippen LogP contribution in [0, 0.1) is 5.82 Å². The van der Waals surface area contributed by atoms with Gasteiger partial charge in [0.05, 0.1) is 0 Å². The fraction of sp³-hybridized carbons (Fsp3) is 0.211. The van der Waals surface area contributed by atoms with E-state index in [0.717, 1.165) is 34.1 Å². The van der Waals surface area contributed by atoms with Gasteiger partial charge in [0.2, 0.25) is 0 Å². The van der Waals surface area contributed by atoms with Crippen molar-refractivity contribution in [2.75, 3.05) is 11.9 Å². The third-order valence-electron chi connectivity index (χ3n) is 4.61. The maximum absolute atomic E-state index is 13.4. The highest BCUT2D eigenvalue weighted by Crippen LogP contribution is 2.23. The van der Waals surface area contributed by atoms with Gasteiger partial charge >= 0.3 is 6.03 Å². The molecular formula is C19H18FN3O. The summed E-state index contributed by atoms with van der Waals surface area (Å²) in [6.45, 7) is 1.07. The van der Waals surface area contributed by atoms with Crippen molar-refractivity contribution in [2.24, 2.45) is 7.05 Å². The van der Waals surface area contributed by atoms with Crippen molar-refractivity contribution in [3.63, 3.8) is 0 Å². The number of carbonyl (C=O) groups is 1. The predicted octanol–water partition coefficient (Wildman–Crippen LogP) is 3.91. The molecule has 24 heavy (non-hydrogen) atoms. The van der Waals surface area contributed by atoms with E-state index in [1.54, 1.807) is 4.90 Å². The molecule has 0 radical (unpaired) electrons. The van der Waals surface area contributed by atoms with Crippen molar-refractivity contribution in [2.45, 2.75) is 13.0 Å². The Morgan fingerprint density at radius 2 is 2.00 bits per heavy atom. The highest BCUT2D eigenvalue weighted by molar-refractivity contribution is 5.93. The summed E-state index contributed by atoms with van der Waals surface area (Å²) < 4.78 is 15.4.